The Labute approximate surface area is 465 Å². The fraction of sp³-hybridized carbons (Fsp3) is 0.623. The number of halogens is 1. The number of rotatable bonds is 15. The maximum atomic E-state index is 15.9. The van der Waals surface area contributed by atoms with Gasteiger partial charge in [-0.05, 0) is 172 Å². The van der Waals surface area contributed by atoms with Gasteiger partial charge < -0.3 is 45.2 Å². The van der Waals surface area contributed by atoms with Gasteiger partial charge in [0.1, 0.15) is 17.4 Å². The summed E-state index contributed by atoms with van der Waals surface area (Å²) in [7, 11) is 0. The van der Waals surface area contributed by atoms with Crippen molar-refractivity contribution in [2.24, 2.45) is 11.3 Å². The zero-order valence-electron chi connectivity index (χ0n) is 47.9. The Morgan fingerprint density at radius 2 is 1.58 bits per heavy atom. The number of β-amino-alcohol motifs (C(OH)–C–C–N with tert-alkyl or cyclic N) is 1. The Kier molecular flexibility index (Phi) is 16.3. The lowest BCUT2D eigenvalue weighted by atomic mass is 9.73. The van der Waals surface area contributed by atoms with Crippen LogP contribution in [0.15, 0.2) is 42.7 Å². The van der Waals surface area contributed by atoms with E-state index in [1.807, 2.05) is 56.2 Å². The summed E-state index contributed by atoms with van der Waals surface area (Å²) in [5.41, 5.74) is 4.43. The second-order valence-corrected chi connectivity index (χ2v) is 25.5. The Bertz CT molecular complexity index is 2940. The zero-order chi connectivity index (χ0) is 56.1. The van der Waals surface area contributed by atoms with Crippen LogP contribution >= 0.6 is 0 Å². The number of nitrogens with zero attached hydrogens (tertiary/aromatic N) is 8. The third-order valence-electron chi connectivity index (χ3n) is 18.1. The number of benzene rings is 2. The van der Waals surface area contributed by atoms with Crippen molar-refractivity contribution in [3.8, 4) is 11.3 Å². The molecule has 5 aliphatic heterocycles. The molecule has 1 aliphatic carbocycles. The van der Waals surface area contributed by atoms with E-state index in [2.05, 4.69) is 56.6 Å². The normalized spacial score (nSPS) is 22.5. The fourth-order valence-electron chi connectivity index (χ4n) is 13.4. The van der Waals surface area contributed by atoms with E-state index in [9.17, 15) is 24.3 Å². The predicted octanol–water partition coefficient (Wildman–Crippen LogP) is 7.85. The molecular formula is C61H84FN11O6. The van der Waals surface area contributed by atoms with Gasteiger partial charge in [0.15, 0.2) is 5.82 Å². The van der Waals surface area contributed by atoms with Crippen molar-refractivity contribution in [1.29, 1.82) is 0 Å². The number of aliphatic hydroxyl groups is 1. The smallest absolute Gasteiger partial charge is 0.251 e. The summed E-state index contributed by atoms with van der Waals surface area (Å²) in [6.45, 7) is 21.1. The number of hydrogen-bond donors (Lipinski definition) is 4. The van der Waals surface area contributed by atoms with Gasteiger partial charge in [0, 0.05) is 73.6 Å². The lowest BCUT2D eigenvalue weighted by Crippen LogP contribution is -2.58. The SMILES string of the molecule is Cc1cc(F)c(Nc2nc(-c3ccc4c(c3)N([C@H]3C[C@@H](N5CCCCC5)C3)C(=O)C43CCN(C(=O)CCC4CCN(CC(=O)N[C@H](C(=O)N5CC[C@@H](O)C5)C(C)(C)C)CC4)CC3)cc3ncn(C(C)C)c23)cc1C(=O)NC(C)C. The number of carbonyl (C=O) groups excluding carboxylic acids is 5. The average Bonchev–Trinajstić information content (AvgIpc) is 3.01. The van der Waals surface area contributed by atoms with Gasteiger partial charge in [-0.1, -0.05) is 39.3 Å². The van der Waals surface area contributed by atoms with E-state index in [-0.39, 0.29) is 59.9 Å². The third-order valence-corrected chi connectivity index (χ3v) is 18.1. The first kappa shape index (κ1) is 56.3. The number of piperidine rings is 3. The highest BCUT2D eigenvalue weighted by Gasteiger charge is 2.56. The number of carbonyl (C=O) groups is 5. The van der Waals surface area contributed by atoms with Crippen molar-refractivity contribution in [3.05, 3.63) is 65.2 Å². The quantitative estimate of drug-likeness (QED) is 0.0908. The summed E-state index contributed by atoms with van der Waals surface area (Å²) >= 11 is 0. The van der Waals surface area contributed by atoms with Crippen LogP contribution in [0.5, 0.6) is 0 Å². The van der Waals surface area contributed by atoms with Crippen LogP contribution in [0.1, 0.15) is 153 Å². The zero-order valence-corrected chi connectivity index (χ0v) is 47.9. The van der Waals surface area contributed by atoms with Crippen molar-refractivity contribution in [2.45, 2.75) is 174 Å². The molecule has 1 saturated carbocycles. The highest BCUT2D eigenvalue weighted by atomic mass is 19.1. The van der Waals surface area contributed by atoms with Crippen LogP contribution in [-0.4, -0.2) is 158 Å². The molecule has 5 amide bonds. The van der Waals surface area contributed by atoms with Crippen LogP contribution in [-0.2, 0) is 24.6 Å². The fourth-order valence-corrected chi connectivity index (χ4v) is 13.4. The molecule has 2 atom stereocenters. The number of aliphatic hydroxyl groups excluding tert-OH is 1. The summed E-state index contributed by atoms with van der Waals surface area (Å²) in [5, 5.41) is 19.3. The average molecular weight is 1090 g/mol. The molecule has 5 fully saturated rings. The van der Waals surface area contributed by atoms with Crippen molar-refractivity contribution >= 4 is 57.8 Å². The maximum absolute atomic E-state index is 15.9. The molecule has 426 valence electrons. The van der Waals surface area contributed by atoms with Crippen molar-refractivity contribution in [2.75, 3.05) is 69.1 Å². The van der Waals surface area contributed by atoms with E-state index in [4.69, 9.17) is 9.97 Å². The van der Waals surface area contributed by atoms with Gasteiger partial charge in [0.25, 0.3) is 5.91 Å². The van der Waals surface area contributed by atoms with E-state index < -0.39 is 28.8 Å². The summed E-state index contributed by atoms with van der Waals surface area (Å²) in [6, 6.07) is 10.8. The molecular weight excluding hydrogens is 1000 g/mol. The molecule has 18 heteroatoms. The van der Waals surface area contributed by atoms with Crippen LogP contribution in [0.25, 0.3) is 22.3 Å². The van der Waals surface area contributed by atoms with Crippen LogP contribution in [0.4, 0.5) is 21.6 Å². The van der Waals surface area contributed by atoms with Crippen LogP contribution in [0.2, 0.25) is 0 Å². The first-order valence-electron chi connectivity index (χ1n) is 29.4. The molecule has 0 unspecified atom stereocenters. The van der Waals surface area contributed by atoms with Gasteiger partial charge in [-0.3, -0.25) is 28.9 Å². The van der Waals surface area contributed by atoms with Crippen molar-refractivity contribution < 1.29 is 33.5 Å². The Hall–Kier alpha value is -5.98. The topological polar surface area (TPSA) is 189 Å². The van der Waals surface area contributed by atoms with Gasteiger partial charge in [0.05, 0.1) is 41.3 Å². The summed E-state index contributed by atoms with van der Waals surface area (Å²) in [4.78, 5) is 89.8. The van der Waals surface area contributed by atoms with Gasteiger partial charge in [0.2, 0.25) is 23.6 Å². The summed E-state index contributed by atoms with van der Waals surface area (Å²) in [5.74, 6) is -0.135. The molecule has 1 spiro atoms. The molecule has 6 aliphatic rings. The molecule has 10 rings (SSSR count). The Morgan fingerprint density at radius 1 is 0.861 bits per heavy atom. The number of imidazole rings is 1. The molecule has 2 aromatic carbocycles. The number of nitrogens with one attached hydrogen (secondary N) is 3. The Balaban J connectivity index is 0.830. The lowest BCUT2D eigenvalue weighted by Gasteiger charge is -2.48. The molecule has 0 bridgehead atoms. The maximum Gasteiger partial charge on any atom is 0.251 e. The first-order chi connectivity index (χ1) is 37.7. The van der Waals surface area contributed by atoms with Gasteiger partial charge in [-0.25, -0.2) is 14.4 Å². The summed E-state index contributed by atoms with van der Waals surface area (Å²) < 4.78 is 17.9. The van der Waals surface area contributed by atoms with Gasteiger partial charge >= 0.3 is 0 Å². The van der Waals surface area contributed by atoms with E-state index >= 15 is 9.18 Å². The number of aromatic nitrogens is 3. The standard InChI is InChI=1S/C61H84FN11O6/c1-37(2)64-57(77)45-32-49(47(62)28-39(45)5)66-56-54-50(63-36-72(54)38(3)4)33-48(65-56)41-13-14-46-51(29-41)73(43-30-42(31-43)69-21-10-9-11-22-69)59(79)61(46)19-26-70(27-20-61)53(76)15-12-40-16-23-68(24-17-40)35-52(75)67-55(60(6,7)8)58(78)71-25-18-44(74)34-71/h13-14,28-29,32-33,36-38,40,42-44,55,74H,9-12,15-27,30-31,34-35H2,1-8H3,(H,64,77)(H,65,66)(H,67,75)/t42-,43+,44-,55-/m1/s1. The molecule has 4 saturated heterocycles. The van der Waals surface area contributed by atoms with Crippen LogP contribution in [0, 0.1) is 24.1 Å². The minimum atomic E-state index is -0.764. The highest BCUT2D eigenvalue weighted by molar-refractivity contribution is 6.09. The Morgan fingerprint density at radius 3 is 2.24 bits per heavy atom. The summed E-state index contributed by atoms with van der Waals surface area (Å²) in [6.07, 6.45) is 11.3. The van der Waals surface area contributed by atoms with Crippen molar-refractivity contribution in [3.63, 3.8) is 0 Å². The number of hydrogen-bond acceptors (Lipinski definition) is 11. The number of amides is 5. The van der Waals surface area contributed by atoms with Crippen molar-refractivity contribution in [1.82, 2.24) is 44.8 Å². The largest absolute Gasteiger partial charge is 0.391 e. The molecule has 4 aromatic rings. The number of fused-ring (bicyclic) bond motifs is 3. The molecule has 0 radical (unpaired) electrons. The number of pyridine rings is 1. The predicted molar refractivity (Wildman–Crippen MR) is 305 cm³/mol. The minimum absolute atomic E-state index is 0.0185. The third kappa shape index (κ3) is 11.7. The van der Waals surface area contributed by atoms with Gasteiger partial charge in [-0.2, -0.15) is 0 Å². The van der Waals surface area contributed by atoms with Gasteiger partial charge in [-0.15, -0.1) is 0 Å². The molecule has 17 nitrogen and oxygen atoms in total. The lowest BCUT2D eigenvalue weighted by molar-refractivity contribution is -0.139. The first-order valence-corrected chi connectivity index (χ1v) is 29.4. The van der Waals surface area contributed by atoms with Crippen LogP contribution < -0.4 is 20.9 Å². The molecule has 79 heavy (non-hydrogen) atoms. The van der Waals surface area contributed by atoms with E-state index in [1.165, 1.54) is 25.3 Å². The number of likely N-dealkylation sites (tertiary alicyclic amines) is 4. The highest BCUT2D eigenvalue weighted by Crippen LogP contribution is 2.52. The van der Waals surface area contributed by atoms with E-state index in [0.29, 0.717) is 97.5 Å². The van der Waals surface area contributed by atoms with E-state index in [1.54, 1.807) is 24.2 Å². The minimum Gasteiger partial charge on any atom is -0.391 e. The van der Waals surface area contributed by atoms with Crippen LogP contribution in [0.3, 0.4) is 0 Å². The second kappa shape index (κ2) is 22.9. The number of anilines is 3. The molecule has 2 aromatic heterocycles. The molecule has 4 N–H and O–H groups in total. The molecule has 7 heterocycles. The monoisotopic (exact) mass is 1090 g/mol. The second-order valence-electron chi connectivity index (χ2n) is 25.5. The number of aryl methyl sites for hydroxylation is 1. The van der Waals surface area contributed by atoms with E-state index in [0.717, 1.165) is 75.1 Å².